The number of unbranched alkanes of at least 4 members (excludes halogenated alkanes) is 1. The van der Waals surface area contributed by atoms with Gasteiger partial charge in [-0.2, -0.15) is 0 Å². The van der Waals surface area contributed by atoms with Gasteiger partial charge in [0.05, 0.1) is 0 Å². The van der Waals surface area contributed by atoms with E-state index in [1.807, 2.05) is 0 Å². The summed E-state index contributed by atoms with van der Waals surface area (Å²) in [6.45, 7) is 7.81. The van der Waals surface area contributed by atoms with Crippen molar-refractivity contribution in [2.24, 2.45) is 22.5 Å². The lowest BCUT2D eigenvalue weighted by molar-refractivity contribution is -0.123. The van der Waals surface area contributed by atoms with Crippen molar-refractivity contribution in [2.75, 3.05) is 6.54 Å². The third kappa shape index (κ3) is 2.07. The summed E-state index contributed by atoms with van der Waals surface area (Å²) in [5, 5.41) is 3.29. The van der Waals surface area contributed by atoms with Crippen molar-refractivity contribution >= 4 is 5.91 Å². The zero-order chi connectivity index (χ0) is 13.4. The molecule has 0 spiro atoms. The van der Waals surface area contributed by atoms with Crippen LogP contribution < -0.4 is 11.1 Å². The van der Waals surface area contributed by atoms with E-state index in [0.717, 1.165) is 18.8 Å². The molecule has 2 bridgehead atoms. The van der Waals surface area contributed by atoms with Gasteiger partial charge in [-0.3, -0.25) is 4.79 Å². The summed E-state index contributed by atoms with van der Waals surface area (Å²) < 4.78 is 0. The predicted octanol–water partition coefficient (Wildman–Crippen LogP) is 2.45. The summed E-state index contributed by atoms with van der Waals surface area (Å²) in [7, 11) is 0. The smallest absolute Gasteiger partial charge is 0.220 e. The third-order valence-electron chi connectivity index (χ3n) is 5.99. The molecule has 0 saturated heterocycles. The molecule has 2 aliphatic carbocycles. The van der Waals surface area contributed by atoms with E-state index < -0.39 is 0 Å². The second kappa shape index (κ2) is 4.84. The minimum Gasteiger partial charge on any atom is -0.353 e. The number of rotatable bonds is 5. The Bertz CT molecular complexity index is 326. The fourth-order valence-corrected chi connectivity index (χ4v) is 4.12. The van der Waals surface area contributed by atoms with Crippen molar-refractivity contribution in [3.63, 3.8) is 0 Å². The number of amides is 1. The van der Waals surface area contributed by atoms with Gasteiger partial charge in [-0.15, -0.1) is 0 Å². The van der Waals surface area contributed by atoms with Crippen LogP contribution in [0.15, 0.2) is 0 Å². The van der Waals surface area contributed by atoms with Crippen LogP contribution in [0.1, 0.15) is 59.3 Å². The van der Waals surface area contributed by atoms with Crippen molar-refractivity contribution in [1.82, 2.24) is 5.32 Å². The standard InChI is InChI=1S/C15H28N2O/c1-14(2)11-7-8-15(14,3)12(10-11)17-13(18)6-4-5-9-16/h11-12H,4-10,16H2,1-3H3,(H,17,18). The topological polar surface area (TPSA) is 55.1 Å². The van der Waals surface area contributed by atoms with Crippen LogP contribution in [0.25, 0.3) is 0 Å². The van der Waals surface area contributed by atoms with Crippen molar-refractivity contribution < 1.29 is 4.79 Å². The van der Waals surface area contributed by atoms with Crippen LogP contribution in [-0.2, 0) is 4.79 Å². The number of nitrogens with two attached hydrogens (primary N) is 1. The zero-order valence-corrected chi connectivity index (χ0v) is 12.1. The molecule has 3 unspecified atom stereocenters. The van der Waals surface area contributed by atoms with Gasteiger partial charge in [0.15, 0.2) is 0 Å². The summed E-state index contributed by atoms with van der Waals surface area (Å²) >= 11 is 0. The van der Waals surface area contributed by atoms with Crippen molar-refractivity contribution in [3.05, 3.63) is 0 Å². The van der Waals surface area contributed by atoms with Gasteiger partial charge in [0, 0.05) is 12.5 Å². The molecule has 1 amide bonds. The lowest BCUT2D eigenvalue weighted by atomic mass is 9.69. The van der Waals surface area contributed by atoms with Crippen LogP contribution in [0.2, 0.25) is 0 Å². The highest BCUT2D eigenvalue weighted by molar-refractivity contribution is 5.76. The molecule has 18 heavy (non-hydrogen) atoms. The Morgan fingerprint density at radius 2 is 2.06 bits per heavy atom. The first-order chi connectivity index (χ1) is 8.41. The Hall–Kier alpha value is -0.570. The maximum absolute atomic E-state index is 12.0. The number of hydrogen-bond acceptors (Lipinski definition) is 2. The molecule has 3 atom stereocenters. The van der Waals surface area contributed by atoms with Gasteiger partial charge in [0.1, 0.15) is 0 Å². The molecule has 0 radical (unpaired) electrons. The van der Waals surface area contributed by atoms with Crippen molar-refractivity contribution in [1.29, 1.82) is 0 Å². The molecule has 0 aromatic heterocycles. The van der Waals surface area contributed by atoms with E-state index in [1.165, 1.54) is 19.3 Å². The highest BCUT2D eigenvalue weighted by Crippen LogP contribution is 2.65. The second-order valence-corrected chi connectivity index (χ2v) is 6.98. The van der Waals surface area contributed by atoms with Gasteiger partial charge in [-0.05, 0) is 55.4 Å². The normalized spacial score (nSPS) is 36.9. The van der Waals surface area contributed by atoms with Crippen LogP contribution in [-0.4, -0.2) is 18.5 Å². The number of carbonyl (C=O) groups is 1. The SMILES string of the molecule is CC1(C)C2CCC1(C)C(NC(=O)CCCCN)C2. The zero-order valence-electron chi connectivity index (χ0n) is 12.1. The van der Waals surface area contributed by atoms with Crippen LogP contribution in [0, 0.1) is 16.7 Å². The molecule has 3 N–H and O–H groups in total. The van der Waals surface area contributed by atoms with Gasteiger partial charge in [0.25, 0.3) is 0 Å². The minimum atomic E-state index is 0.220. The maximum Gasteiger partial charge on any atom is 0.220 e. The van der Waals surface area contributed by atoms with Crippen LogP contribution in [0.3, 0.4) is 0 Å². The first-order valence-electron chi connectivity index (χ1n) is 7.41. The number of nitrogens with one attached hydrogen (secondary N) is 1. The summed E-state index contributed by atoms with van der Waals surface area (Å²) in [5.41, 5.74) is 6.12. The third-order valence-corrected chi connectivity index (χ3v) is 5.99. The molecule has 0 heterocycles. The van der Waals surface area contributed by atoms with E-state index >= 15 is 0 Å². The summed E-state index contributed by atoms with van der Waals surface area (Å²) in [6.07, 6.45) is 6.27. The highest BCUT2D eigenvalue weighted by Gasteiger charge is 2.61. The monoisotopic (exact) mass is 252 g/mol. The number of fused-ring (bicyclic) bond motifs is 2. The molecule has 2 fully saturated rings. The highest BCUT2D eigenvalue weighted by atomic mass is 16.1. The van der Waals surface area contributed by atoms with Gasteiger partial charge < -0.3 is 11.1 Å². The Balaban J connectivity index is 1.90. The van der Waals surface area contributed by atoms with Crippen molar-refractivity contribution in [2.45, 2.75) is 65.3 Å². The Morgan fingerprint density at radius 3 is 2.56 bits per heavy atom. The predicted molar refractivity (Wildman–Crippen MR) is 74.1 cm³/mol. The van der Waals surface area contributed by atoms with Gasteiger partial charge in [-0.1, -0.05) is 20.8 Å². The van der Waals surface area contributed by atoms with Gasteiger partial charge in [0.2, 0.25) is 5.91 Å². The van der Waals surface area contributed by atoms with Crippen LogP contribution in [0.4, 0.5) is 0 Å². The molecule has 3 heteroatoms. The maximum atomic E-state index is 12.0. The quantitative estimate of drug-likeness (QED) is 0.738. The molecule has 0 aromatic rings. The summed E-state index contributed by atoms with van der Waals surface area (Å²) in [5.74, 6) is 1.01. The molecule has 3 nitrogen and oxygen atoms in total. The van der Waals surface area contributed by atoms with E-state index in [0.29, 0.717) is 29.8 Å². The Morgan fingerprint density at radius 1 is 1.33 bits per heavy atom. The van der Waals surface area contributed by atoms with E-state index in [4.69, 9.17) is 5.73 Å². The van der Waals surface area contributed by atoms with E-state index in [2.05, 4.69) is 26.1 Å². The second-order valence-electron chi connectivity index (χ2n) is 6.98. The Kier molecular flexibility index (Phi) is 3.72. The fourth-order valence-electron chi connectivity index (χ4n) is 4.12. The lowest BCUT2D eigenvalue weighted by Crippen LogP contribution is -2.46. The summed E-state index contributed by atoms with van der Waals surface area (Å²) in [4.78, 5) is 12.0. The molecule has 2 rings (SSSR count). The molecule has 0 aliphatic heterocycles. The molecule has 104 valence electrons. The first kappa shape index (κ1) is 13.9. The Labute approximate surface area is 111 Å². The van der Waals surface area contributed by atoms with Crippen LogP contribution in [0.5, 0.6) is 0 Å². The average molecular weight is 252 g/mol. The molecule has 2 aliphatic rings. The average Bonchev–Trinajstić information content (AvgIpc) is 2.62. The van der Waals surface area contributed by atoms with Gasteiger partial charge in [-0.25, -0.2) is 0 Å². The first-order valence-corrected chi connectivity index (χ1v) is 7.41. The van der Waals surface area contributed by atoms with E-state index in [-0.39, 0.29) is 5.91 Å². The van der Waals surface area contributed by atoms with E-state index in [1.54, 1.807) is 0 Å². The minimum absolute atomic E-state index is 0.220. The molecule has 0 aromatic carbocycles. The molecule has 2 saturated carbocycles. The molecular weight excluding hydrogens is 224 g/mol. The fraction of sp³-hybridized carbons (Fsp3) is 0.933. The largest absolute Gasteiger partial charge is 0.353 e. The van der Waals surface area contributed by atoms with Gasteiger partial charge >= 0.3 is 0 Å². The van der Waals surface area contributed by atoms with Crippen molar-refractivity contribution in [3.8, 4) is 0 Å². The van der Waals surface area contributed by atoms with Crippen LogP contribution >= 0.6 is 0 Å². The van der Waals surface area contributed by atoms with E-state index in [9.17, 15) is 4.79 Å². The number of carbonyl (C=O) groups excluding carboxylic acids is 1. The number of hydrogen-bond donors (Lipinski definition) is 2. The lowest BCUT2D eigenvalue weighted by Gasteiger charge is -2.39. The summed E-state index contributed by atoms with van der Waals surface area (Å²) in [6, 6.07) is 0.386. The molecular formula is C15H28N2O.